The van der Waals surface area contributed by atoms with Gasteiger partial charge in [-0.1, -0.05) is 15.9 Å². The minimum absolute atomic E-state index is 0.150. The molecule has 4 nitrogen and oxygen atoms in total. The monoisotopic (exact) mass is 397 g/mol. The second kappa shape index (κ2) is 7.92. The average Bonchev–Trinajstić information content (AvgIpc) is 2.41. The highest BCUT2D eigenvalue weighted by Crippen LogP contribution is 2.29. The third kappa shape index (κ3) is 4.42. The average molecular weight is 399 g/mol. The van der Waals surface area contributed by atoms with Crippen molar-refractivity contribution in [1.82, 2.24) is 4.31 Å². The van der Waals surface area contributed by atoms with Gasteiger partial charge in [-0.05, 0) is 44.0 Å². The van der Waals surface area contributed by atoms with Gasteiger partial charge in [-0.25, -0.2) is 8.42 Å². The Morgan fingerprint density at radius 3 is 2.48 bits per heavy atom. The Balaban J connectivity index is 3.37. The van der Waals surface area contributed by atoms with Crippen LogP contribution in [0, 0.1) is 6.92 Å². The van der Waals surface area contributed by atoms with E-state index < -0.39 is 10.0 Å². The lowest BCUT2D eigenvalue weighted by Crippen LogP contribution is -2.39. The molecule has 0 unspecified atom stereocenters. The van der Waals surface area contributed by atoms with Crippen molar-refractivity contribution in [1.29, 1.82) is 0 Å². The number of benzene rings is 1. The maximum atomic E-state index is 12.9. The van der Waals surface area contributed by atoms with Crippen LogP contribution in [0.5, 0.6) is 0 Å². The van der Waals surface area contributed by atoms with Crippen LogP contribution in [0.2, 0.25) is 0 Å². The van der Waals surface area contributed by atoms with Gasteiger partial charge in [0.05, 0.1) is 11.5 Å². The van der Waals surface area contributed by atoms with Gasteiger partial charge in [-0.15, -0.1) is 11.6 Å². The molecular formula is C14H21BrClNO3S. The molecular weight excluding hydrogens is 378 g/mol. The summed E-state index contributed by atoms with van der Waals surface area (Å²) in [6, 6.07) is 3.34. The summed E-state index contributed by atoms with van der Waals surface area (Å²) in [7, 11) is -2.04. The Hall–Kier alpha value is -0.140. The van der Waals surface area contributed by atoms with Crippen molar-refractivity contribution >= 4 is 37.6 Å². The molecule has 0 bridgehead atoms. The smallest absolute Gasteiger partial charge is 0.243 e. The van der Waals surface area contributed by atoms with E-state index in [0.717, 1.165) is 10.0 Å². The predicted molar refractivity (Wildman–Crippen MR) is 89.3 cm³/mol. The normalized spacial score (nSPS) is 12.4. The SMILES string of the molecule is COCCN(C(C)C)S(=O)(=O)c1cc(CCl)cc(Br)c1C. The molecule has 0 N–H and O–H groups in total. The summed E-state index contributed by atoms with van der Waals surface area (Å²) in [5, 5.41) is 0. The maximum absolute atomic E-state index is 12.9. The number of halogens is 2. The van der Waals surface area contributed by atoms with Crippen LogP contribution in [0.4, 0.5) is 0 Å². The van der Waals surface area contributed by atoms with Gasteiger partial charge in [0.1, 0.15) is 0 Å². The lowest BCUT2D eigenvalue weighted by atomic mass is 10.2. The fraction of sp³-hybridized carbons (Fsp3) is 0.571. The second-order valence-electron chi connectivity index (χ2n) is 5.04. The first-order valence-corrected chi connectivity index (χ1v) is 9.38. The van der Waals surface area contributed by atoms with E-state index in [-0.39, 0.29) is 16.8 Å². The molecule has 0 radical (unpaired) electrons. The van der Waals surface area contributed by atoms with Crippen molar-refractivity contribution in [2.24, 2.45) is 0 Å². The molecule has 0 aromatic heterocycles. The molecule has 0 saturated carbocycles. The van der Waals surface area contributed by atoms with E-state index in [4.69, 9.17) is 16.3 Å². The zero-order chi connectivity index (χ0) is 16.2. The van der Waals surface area contributed by atoms with Gasteiger partial charge < -0.3 is 4.74 Å². The lowest BCUT2D eigenvalue weighted by molar-refractivity contribution is 0.171. The van der Waals surface area contributed by atoms with E-state index in [1.807, 2.05) is 19.9 Å². The summed E-state index contributed by atoms with van der Waals surface area (Å²) in [6.07, 6.45) is 0. The van der Waals surface area contributed by atoms with E-state index in [9.17, 15) is 8.42 Å². The first kappa shape index (κ1) is 18.9. The number of ether oxygens (including phenoxy) is 1. The highest BCUT2D eigenvalue weighted by Gasteiger charge is 2.29. The summed E-state index contributed by atoms with van der Waals surface area (Å²) in [6.45, 7) is 6.15. The number of hydrogen-bond acceptors (Lipinski definition) is 3. The number of methoxy groups -OCH3 is 1. The molecule has 1 aromatic carbocycles. The summed E-state index contributed by atoms with van der Waals surface area (Å²) in [5.41, 5.74) is 1.45. The van der Waals surface area contributed by atoms with Gasteiger partial charge in [-0.3, -0.25) is 0 Å². The third-order valence-corrected chi connectivity index (χ3v) is 6.52. The van der Waals surface area contributed by atoms with Gasteiger partial charge in [0.25, 0.3) is 0 Å². The van der Waals surface area contributed by atoms with E-state index in [1.54, 1.807) is 20.1 Å². The molecule has 0 fully saturated rings. The van der Waals surface area contributed by atoms with Crippen LogP contribution in [0.25, 0.3) is 0 Å². The number of alkyl halides is 1. The fourth-order valence-corrected chi connectivity index (χ4v) is 4.73. The highest BCUT2D eigenvalue weighted by atomic mass is 79.9. The summed E-state index contributed by atoms with van der Waals surface area (Å²) >= 11 is 9.25. The first-order chi connectivity index (χ1) is 9.75. The Labute approximate surface area is 140 Å². The molecule has 1 aromatic rings. The van der Waals surface area contributed by atoms with E-state index in [0.29, 0.717) is 18.7 Å². The molecule has 1 rings (SSSR count). The maximum Gasteiger partial charge on any atom is 0.243 e. The van der Waals surface area contributed by atoms with Crippen LogP contribution in [0.15, 0.2) is 21.5 Å². The predicted octanol–water partition coefficient (Wildman–Crippen LogP) is 3.54. The first-order valence-electron chi connectivity index (χ1n) is 6.61. The molecule has 7 heteroatoms. The third-order valence-electron chi connectivity index (χ3n) is 3.19. The molecule has 0 amide bonds. The van der Waals surface area contributed by atoms with E-state index >= 15 is 0 Å². The van der Waals surface area contributed by atoms with Gasteiger partial charge in [0, 0.05) is 30.0 Å². The molecule has 0 saturated heterocycles. The molecule has 0 aliphatic rings. The molecule has 0 aliphatic heterocycles. The Morgan fingerprint density at radius 1 is 1.38 bits per heavy atom. The molecule has 0 aliphatic carbocycles. The van der Waals surface area contributed by atoms with Crippen molar-refractivity contribution in [2.75, 3.05) is 20.3 Å². The Kier molecular flexibility index (Phi) is 7.13. The molecule has 0 atom stereocenters. The van der Waals surface area contributed by atoms with Crippen LogP contribution in [0.3, 0.4) is 0 Å². The minimum Gasteiger partial charge on any atom is -0.383 e. The fourth-order valence-electron chi connectivity index (χ4n) is 2.02. The molecule has 21 heavy (non-hydrogen) atoms. The van der Waals surface area contributed by atoms with Crippen molar-refractivity contribution in [2.45, 2.75) is 37.6 Å². The molecule has 120 valence electrons. The van der Waals surface area contributed by atoms with Crippen LogP contribution in [-0.4, -0.2) is 39.0 Å². The number of rotatable bonds is 7. The largest absolute Gasteiger partial charge is 0.383 e. The van der Waals surface area contributed by atoms with Gasteiger partial charge in [0.2, 0.25) is 10.0 Å². The topological polar surface area (TPSA) is 46.6 Å². The second-order valence-corrected chi connectivity index (χ2v) is 8.02. The van der Waals surface area contributed by atoms with E-state index in [1.165, 1.54) is 4.31 Å². The van der Waals surface area contributed by atoms with Crippen LogP contribution < -0.4 is 0 Å². The van der Waals surface area contributed by atoms with Crippen molar-refractivity contribution in [3.05, 3.63) is 27.7 Å². The van der Waals surface area contributed by atoms with Crippen molar-refractivity contribution in [3.8, 4) is 0 Å². The number of sulfonamides is 1. The minimum atomic E-state index is -3.59. The molecule has 0 spiro atoms. The van der Waals surface area contributed by atoms with Gasteiger partial charge in [0.15, 0.2) is 0 Å². The zero-order valence-electron chi connectivity index (χ0n) is 12.7. The number of nitrogens with zero attached hydrogens (tertiary/aromatic N) is 1. The van der Waals surface area contributed by atoms with Crippen LogP contribution in [0.1, 0.15) is 25.0 Å². The zero-order valence-corrected chi connectivity index (χ0v) is 15.8. The van der Waals surface area contributed by atoms with E-state index in [2.05, 4.69) is 15.9 Å². The Morgan fingerprint density at radius 2 is 2.00 bits per heavy atom. The standard InChI is InChI=1S/C14H21BrClNO3S/c1-10(2)17(5-6-20-4)21(18,19)14-8-12(9-16)7-13(15)11(14)3/h7-8,10H,5-6,9H2,1-4H3. The quantitative estimate of drug-likeness (QED) is 0.660. The molecule has 0 heterocycles. The van der Waals surface area contributed by atoms with Gasteiger partial charge in [-0.2, -0.15) is 4.31 Å². The highest BCUT2D eigenvalue weighted by molar-refractivity contribution is 9.10. The van der Waals surface area contributed by atoms with Gasteiger partial charge >= 0.3 is 0 Å². The summed E-state index contributed by atoms with van der Waals surface area (Å²) < 4.78 is 33.1. The summed E-state index contributed by atoms with van der Waals surface area (Å²) in [5.74, 6) is 0.265. The number of hydrogen-bond donors (Lipinski definition) is 0. The van der Waals surface area contributed by atoms with Crippen LogP contribution >= 0.6 is 27.5 Å². The summed E-state index contributed by atoms with van der Waals surface area (Å²) in [4.78, 5) is 0.289. The van der Waals surface area contributed by atoms with Crippen molar-refractivity contribution in [3.63, 3.8) is 0 Å². The van der Waals surface area contributed by atoms with Crippen LogP contribution in [-0.2, 0) is 20.6 Å². The van der Waals surface area contributed by atoms with Crippen molar-refractivity contribution < 1.29 is 13.2 Å². The lowest BCUT2D eigenvalue weighted by Gasteiger charge is -2.26. The Bertz CT molecular complexity index is 590.